The molecule has 0 bridgehead atoms. The molecule has 1 aromatic heterocycles. The van der Waals surface area contributed by atoms with Crippen molar-refractivity contribution in [1.29, 1.82) is 0 Å². The van der Waals surface area contributed by atoms with Gasteiger partial charge < -0.3 is 9.47 Å². The Kier molecular flexibility index (Phi) is 7.10. The molecule has 1 aliphatic carbocycles. The number of pyridine rings is 1. The van der Waals surface area contributed by atoms with Gasteiger partial charge in [-0.2, -0.15) is 0 Å². The lowest BCUT2D eigenvalue weighted by Gasteiger charge is -2.32. The van der Waals surface area contributed by atoms with Crippen molar-refractivity contribution in [2.75, 3.05) is 0 Å². The first-order valence-corrected chi connectivity index (χ1v) is 11.6. The summed E-state index contributed by atoms with van der Waals surface area (Å²) < 4.78 is 75.3. The van der Waals surface area contributed by atoms with Crippen molar-refractivity contribution < 1.29 is 31.1 Å². The van der Waals surface area contributed by atoms with Crippen LogP contribution < -0.4 is 14.2 Å². The van der Waals surface area contributed by atoms with E-state index in [9.17, 15) is 21.6 Å². The van der Waals surface area contributed by atoms with Gasteiger partial charge in [0.25, 0.3) is 0 Å². The second-order valence-electron chi connectivity index (χ2n) is 7.68. The highest BCUT2D eigenvalue weighted by atomic mass is 32.2. The number of nitrogens with zero attached hydrogens (tertiary/aromatic N) is 1. The van der Waals surface area contributed by atoms with Crippen LogP contribution >= 0.6 is 0 Å². The highest BCUT2D eigenvalue weighted by Crippen LogP contribution is 2.33. The fourth-order valence-electron chi connectivity index (χ4n) is 3.40. The average Bonchev–Trinajstić information content (AvgIpc) is 2.69. The van der Waals surface area contributed by atoms with E-state index in [2.05, 4.69) is 14.4 Å². The standard InChI is InChI=1S/C21H25F3N2O4S/c1-14(2)31(27,28)26-18-8-4-6-10-20(18)29-15-11-12-17(25-13-15)16-7-3-5-9-19(16)30-21(22,23)24/h3,5,7,9,11-14,18,20,26H,4,6,8,10H2,1-2H3. The van der Waals surface area contributed by atoms with Gasteiger partial charge in [-0.05, 0) is 57.4 Å². The summed E-state index contributed by atoms with van der Waals surface area (Å²) in [6, 6.07) is 8.56. The largest absolute Gasteiger partial charge is 0.573 e. The zero-order valence-corrected chi connectivity index (χ0v) is 18.0. The van der Waals surface area contributed by atoms with E-state index in [1.165, 1.54) is 24.4 Å². The third kappa shape index (κ3) is 6.33. The highest BCUT2D eigenvalue weighted by Gasteiger charge is 2.33. The zero-order chi connectivity index (χ0) is 22.6. The summed E-state index contributed by atoms with van der Waals surface area (Å²) in [4.78, 5) is 4.22. The number of rotatable bonds is 7. The maximum atomic E-state index is 12.7. The van der Waals surface area contributed by atoms with Gasteiger partial charge >= 0.3 is 6.36 Å². The molecule has 2 atom stereocenters. The minimum atomic E-state index is -4.81. The Bertz CT molecular complexity index is 979. The Balaban J connectivity index is 1.75. The van der Waals surface area contributed by atoms with E-state index in [0.29, 0.717) is 24.3 Å². The number of hydrogen-bond acceptors (Lipinski definition) is 5. The number of para-hydroxylation sites is 1. The molecule has 170 valence electrons. The molecule has 6 nitrogen and oxygen atoms in total. The number of ether oxygens (including phenoxy) is 2. The summed E-state index contributed by atoms with van der Waals surface area (Å²) >= 11 is 0. The van der Waals surface area contributed by atoms with Crippen LogP contribution in [-0.4, -0.2) is 37.2 Å². The summed E-state index contributed by atoms with van der Waals surface area (Å²) in [6.07, 6.45) is -0.563. The molecule has 1 saturated carbocycles. The van der Waals surface area contributed by atoms with Gasteiger partial charge in [0, 0.05) is 5.56 Å². The SMILES string of the molecule is CC(C)S(=O)(=O)NC1CCCCC1Oc1ccc(-c2ccccc2OC(F)(F)F)nc1. The Morgan fingerprint density at radius 2 is 1.81 bits per heavy atom. The smallest absolute Gasteiger partial charge is 0.487 e. The molecule has 3 rings (SSSR count). The Hall–Kier alpha value is -2.33. The van der Waals surface area contributed by atoms with Gasteiger partial charge in [0.1, 0.15) is 17.6 Å². The second kappa shape index (κ2) is 9.44. The predicted molar refractivity (Wildman–Crippen MR) is 110 cm³/mol. The van der Waals surface area contributed by atoms with E-state index in [4.69, 9.17) is 4.74 Å². The summed E-state index contributed by atoms with van der Waals surface area (Å²) in [5.41, 5.74) is 0.500. The lowest BCUT2D eigenvalue weighted by molar-refractivity contribution is -0.274. The van der Waals surface area contributed by atoms with Crippen LogP contribution in [0.5, 0.6) is 11.5 Å². The molecule has 1 heterocycles. The lowest BCUT2D eigenvalue weighted by atomic mass is 9.93. The van der Waals surface area contributed by atoms with E-state index in [0.717, 1.165) is 12.8 Å². The zero-order valence-electron chi connectivity index (χ0n) is 17.2. The van der Waals surface area contributed by atoms with Crippen molar-refractivity contribution in [3.8, 4) is 22.8 Å². The van der Waals surface area contributed by atoms with Crippen molar-refractivity contribution >= 4 is 10.0 Å². The second-order valence-corrected chi connectivity index (χ2v) is 9.95. The predicted octanol–water partition coefficient (Wildman–Crippen LogP) is 4.67. The third-order valence-corrected chi connectivity index (χ3v) is 6.92. The molecule has 2 aromatic rings. The van der Waals surface area contributed by atoms with Crippen LogP contribution in [0.4, 0.5) is 13.2 Å². The topological polar surface area (TPSA) is 77.5 Å². The van der Waals surface area contributed by atoms with E-state index in [1.807, 2.05) is 0 Å². The minimum absolute atomic E-state index is 0.201. The van der Waals surface area contributed by atoms with Crippen molar-refractivity contribution in [2.24, 2.45) is 0 Å². The summed E-state index contributed by atoms with van der Waals surface area (Å²) in [7, 11) is -3.44. The molecule has 1 aliphatic rings. The van der Waals surface area contributed by atoms with Crippen LogP contribution in [-0.2, 0) is 10.0 Å². The van der Waals surface area contributed by atoms with Gasteiger partial charge in [-0.1, -0.05) is 18.6 Å². The van der Waals surface area contributed by atoms with Gasteiger partial charge in [-0.3, -0.25) is 4.98 Å². The number of sulfonamides is 1. The maximum Gasteiger partial charge on any atom is 0.573 e. The molecule has 0 spiro atoms. The van der Waals surface area contributed by atoms with Gasteiger partial charge in [0.2, 0.25) is 10.0 Å². The van der Waals surface area contributed by atoms with Crippen molar-refractivity contribution in [3.05, 3.63) is 42.6 Å². The van der Waals surface area contributed by atoms with Crippen molar-refractivity contribution in [2.45, 2.75) is 63.3 Å². The fraction of sp³-hybridized carbons (Fsp3) is 0.476. The number of hydrogen-bond donors (Lipinski definition) is 1. The monoisotopic (exact) mass is 458 g/mol. The molecule has 10 heteroatoms. The first-order chi connectivity index (χ1) is 14.5. The Labute approximate surface area is 179 Å². The molecule has 1 N–H and O–H groups in total. The van der Waals surface area contributed by atoms with Crippen LogP contribution in [0.25, 0.3) is 11.3 Å². The number of nitrogens with one attached hydrogen (secondary N) is 1. The van der Waals surface area contributed by atoms with Crippen molar-refractivity contribution in [1.82, 2.24) is 9.71 Å². The first-order valence-electron chi connectivity index (χ1n) is 10.0. The van der Waals surface area contributed by atoms with Gasteiger partial charge in [-0.25, -0.2) is 13.1 Å². The van der Waals surface area contributed by atoms with Crippen LogP contribution in [0.1, 0.15) is 39.5 Å². The molecule has 1 aromatic carbocycles. The molecule has 2 unspecified atom stereocenters. The Morgan fingerprint density at radius 3 is 2.45 bits per heavy atom. The third-order valence-electron chi connectivity index (χ3n) is 5.05. The van der Waals surface area contributed by atoms with E-state index >= 15 is 0 Å². The highest BCUT2D eigenvalue weighted by molar-refractivity contribution is 7.90. The molecule has 1 fully saturated rings. The van der Waals surface area contributed by atoms with E-state index in [1.54, 1.807) is 32.0 Å². The van der Waals surface area contributed by atoms with Crippen LogP contribution in [0.2, 0.25) is 0 Å². The summed E-state index contributed by atoms with van der Waals surface area (Å²) in [6.45, 7) is 3.23. The molecule has 0 aliphatic heterocycles. The fourth-order valence-corrected chi connectivity index (χ4v) is 4.36. The van der Waals surface area contributed by atoms with E-state index in [-0.39, 0.29) is 23.5 Å². The van der Waals surface area contributed by atoms with Crippen LogP contribution in [0.15, 0.2) is 42.6 Å². The van der Waals surface area contributed by atoms with Gasteiger partial charge in [0.05, 0.1) is 23.2 Å². The van der Waals surface area contributed by atoms with Gasteiger partial charge in [0.15, 0.2) is 0 Å². The quantitative estimate of drug-likeness (QED) is 0.653. The summed E-state index contributed by atoms with van der Waals surface area (Å²) in [5.74, 6) is 0.0743. The Morgan fingerprint density at radius 1 is 1.10 bits per heavy atom. The normalized spacial score (nSPS) is 19.9. The van der Waals surface area contributed by atoms with E-state index < -0.39 is 21.6 Å². The number of alkyl halides is 3. The van der Waals surface area contributed by atoms with Crippen LogP contribution in [0, 0.1) is 0 Å². The first kappa shape index (κ1) is 23.3. The number of aromatic nitrogens is 1. The maximum absolute atomic E-state index is 12.7. The van der Waals surface area contributed by atoms with Crippen molar-refractivity contribution in [3.63, 3.8) is 0 Å². The molecule has 0 amide bonds. The lowest BCUT2D eigenvalue weighted by Crippen LogP contribution is -2.49. The molecule has 0 radical (unpaired) electrons. The minimum Gasteiger partial charge on any atom is -0.487 e. The average molecular weight is 459 g/mol. The molecule has 31 heavy (non-hydrogen) atoms. The molecular formula is C21H25F3N2O4S. The molecular weight excluding hydrogens is 433 g/mol. The number of halogens is 3. The number of benzene rings is 1. The van der Waals surface area contributed by atoms with Crippen LogP contribution in [0.3, 0.4) is 0 Å². The summed E-state index contributed by atoms with van der Waals surface area (Å²) in [5, 5.41) is -0.546. The van der Waals surface area contributed by atoms with Gasteiger partial charge in [-0.15, -0.1) is 13.2 Å². The molecule has 0 saturated heterocycles.